The molecule has 0 atom stereocenters. The summed E-state index contributed by atoms with van der Waals surface area (Å²) in [5.74, 6) is 0.0663. The fraction of sp³-hybridized carbons (Fsp3) is 0.636. The van der Waals surface area contributed by atoms with Crippen molar-refractivity contribution >= 4 is 5.91 Å². The molecule has 90 valence electrons. The minimum Gasteiger partial charge on any atom is -0.377 e. The van der Waals surface area contributed by atoms with Gasteiger partial charge in [-0.05, 0) is 19.9 Å². The summed E-state index contributed by atoms with van der Waals surface area (Å²) in [5, 5.41) is 6.57. The Labute approximate surface area is 95.8 Å². The molecule has 1 rings (SSSR count). The van der Waals surface area contributed by atoms with Crippen molar-refractivity contribution in [3.8, 4) is 0 Å². The molecule has 0 fully saturated rings. The fourth-order valence-corrected chi connectivity index (χ4v) is 1.23. The standard InChI is InChI=1S/C11H19N3O2/c1-9(2)16-7-6-14(3)11(15)8-10-4-5-12-13-10/h4-5,9H,6-8H2,1-3H3,(H,12,13). The number of H-pyrrole nitrogens is 1. The number of rotatable bonds is 6. The molecule has 1 heterocycles. The van der Waals surface area contributed by atoms with Crippen molar-refractivity contribution in [1.82, 2.24) is 15.1 Å². The van der Waals surface area contributed by atoms with Crippen molar-refractivity contribution in [3.63, 3.8) is 0 Å². The molecule has 16 heavy (non-hydrogen) atoms. The van der Waals surface area contributed by atoms with Crippen molar-refractivity contribution in [2.75, 3.05) is 20.2 Å². The maximum absolute atomic E-state index is 11.7. The first-order chi connectivity index (χ1) is 7.59. The summed E-state index contributed by atoms with van der Waals surface area (Å²) in [6, 6.07) is 1.80. The van der Waals surface area contributed by atoms with Gasteiger partial charge in [0.05, 0.1) is 19.1 Å². The van der Waals surface area contributed by atoms with E-state index in [-0.39, 0.29) is 12.0 Å². The Hall–Kier alpha value is -1.36. The molecule has 1 aromatic heterocycles. The van der Waals surface area contributed by atoms with E-state index in [4.69, 9.17) is 4.74 Å². The van der Waals surface area contributed by atoms with Crippen LogP contribution < -0.4 is 0 Å². The number of nitrogens with zero attached hydrogens (tertiary/aromatic N) is 2. The van der Waals surface area contributed by atoms with Crippen molar-refractivity contribution in [2.24, 2.45) is 0 Å². The Morgan fingerprint density at radius 1 is 1.62 bits per heavy atom. The normalized spacial score (nSPS) is 10.8. The number of hydrogen-bond acceptors (Lipinski definition) is 3. The number of aromatic amines is 1. The number of hydrogen-bond donors (Lipinski definition) is 1. The van der Waals surface area contributed by atoms with Crippen molar-refractivity contribution in [2.45, 2.75) is 26.4 Å². The first kappa shape index (κ1) is 12.7. The highest BCUT2D eigenvalue weighted by Crippen LogP contribution is 1.97. The molecule has 0 spiro atoms. The highest BCUT2D eigenvalue weighted by molar-refractivity contribution is 5.77. The number of carbonyl (C=O) groups excluding carboxylic acids is 1. The van der Waals surface area contributed by atoms with E-state index >= 15 is 0 Å². The lowest BCUT2D eigenvalue weighted by molar-refractivity contribution is -0.130. The zero-order valence-electron chi connectivity index (χ0n) is 10.1. The summed E-state index contributed by atoms with van der Waals surface area (Å²) in [4.78, 5) is 13.4. The number of ether oxygens (including phenoxy) is 1. The highest BCUT2D eigenvalue weighted by Gasteiger charge is 2.10. The van der Waals surface area contributed by atoms with Gasteiger partial charge in [-0.2, -0.15) is 5.10 Å². The third-order valence-corrected chi connectivity index (χ3v) is 2.20. The average molecular weight is 225 g/mol. The van der Waals surface area contributed by atoms with Crippen LogP contribution in [0.4, 0.5) is 0 Å². The highest BCUT2D eigenvalue weighted by atomic mass is 16.5. The molecular formula is C11H19N3O2. The third kappa shape index (κ3) is 4.44. The van der Waals surface area contributed by atoms with Crippen LogP contribution in [-0.2, 0) is 16.0 Å². The fourth-order valence-electron chi connectivity index (χ4n) is 1.23. The number of amides is 1. The summed E-state index contributed by atoms with van der Waals surface area (Å²) in [5.41, 5.74) is 0.835. The lowest BCUT2D eigenvalue weighted by atomic mass is 10.3. The lowest BCUT2D eigenvalue weighted by Crippen LogP contribution is -2.32. The van der Waals surface area contributed by atoms with Crippen molar-refractivity contribution in [1.29, 1.82) is 0 Å². The Morgan fingerprint density at radius 2 is 2.38 bits per heavy atom. The maximum atomic E-state index is 11.7. The summed E-state index contributed by atoms with van der Waals surface area (Å²) in [6.07, 6.45) is 2.21. The van der Waals surface area contributed by atoms with E-state index < -0.39 is 0 Å². The SMILES string of the molecule is CC(C)OCCN(C)C(=O)Cc1ccn[nH]1. The van der Waals surface area contributed by atoms with Gasteiger partial charge in [-0.1, -0.05) is 0 Å². The monoisotopic (exact) mass is 225 g/mol. The van der Waals surface area contributed by atoms with Crippen LogP contribution in [0.25, 0.3) is 0 Å². The van der Waals surface area contributed by atoms with E-state index in [9.17, 15) is 4.79 Å². The van der Waals surface area contributed by atoms with E-state index in [1.807, 2.05) is 13.8 Å². The lowest BCUT2D eigenvalue weighted by Gasteiger charge is -2.17. The van der Waals surface area contributed by atoms with Crippen molar-refractivity contribution < 1.29 is 9.53 Å². The zero-order chi connectivity index (χ0) is 12.0. The molecule has 0 unspecified atom stereocenters. The summed E-state index contributed by atoms with van der Waals surface area (Å²) in [7, 11) is 1.78. The van der Waals surface area contributed by atoms with Crippen LogP contribution in [0.15, 0.2) is 12.3 Å². The molecule has 5 heteroatoms. The van der Waals surface area contributed by atoms with Crippen LogP contribution in [0.1, 0.15) is 19.5 Å². The molecule has 0 aliphatic carbocycles. The van der Waals surface area contributed by atoms with Crippen LogP contribution in [0.2, 0.25) is 0 Å². The van der Waals surface area contributed by atoms with Crippen LogP contribution in [0, 0.1) is 0 Å². The Morgan fingerprint density at radius 3 is 2.94 bits per heavy atom. The largest absolute Gasteiger partial charge is 0.377 e. The molecule has 0 saturated carbocycles. The second-order valence-corrected chi connectivity index (χ2v) is 3.99. The molecule has 1 N–H and O–H groups in total. The Kier molecular flexibility index (Phi) is 4.98. The molecule has 0 radical (unpaired) electrons. The molecule has 0 saturated heterocycles. The van der Waals surface area contributed by atoms with Gasteiger partial charge < -0.3 is 9.64 Å². The molecule has 1 aromatic rings. The molecule has 1 amide bonds. The van der Waals surface area contributed by atoms with E-state index in [1.54, 1.807) is 24.2 Å². The number of aromatic nitrogens is 2. The summed E-state index contributed by atoms with van der Waals surface area (Å²) < 4.78 is 5.38. The van der Waals surface area contributed by atoms with E-state index in [0.29, 0.717) is 19.6 Å². The first-order valence-corrected chi connectivity index (χ1v) is 5.43. The van der Waals surface area contributed by atoms with E-state index in [1.165, 1.54) is 0 Å². The first-order valence-electron chi connectivity index (χ1n) is 5.43. The van der Waals surface area contributed by atoms with Gasteiger partial charge >= 0.3 is 0 Å². The summed E-state index contributed by atoms with van der Waals surface area (Å²) >= 11 is 0. The molecule has 0 aliphatic rings. The number of nitrogens with one attached hydrogen (secondary N) is 1. The predicted molar refractivity (Wildman–Crippen MR) is 61.0 cm³/mol. The Bertz CT molecular complexity index is 309. The Balaban J connectivity index is 2.25. The third-order valence-electron chi connectivity index (χ3n) is 2.20. The predicted octanol–water partition coefficient (Wildman–Crippen LogP) is 0.836. The van der Waals surface area contributed by atoms with E-state index in [0.717, 1.165) is 5.69 Å². The van der Waals surface area contributed by atoms with Gasteiger partial charge in [-0.15, -0.1) is 0 Å². The molecule has 5 nitrogen and oxygen atoms in total. The second kappa shape index (κ2) is 6.27. The molecule has 0 aromatic carbocycles. The van der Waals surface area contributed by atoms with Gasteiger partial charge in [-0.25, -0.2) is 0 Å². The average Bonchev–Trinajstić information content (AvgIpc) is 2.69. The van der Waals surface area contributed by atoms with Gasteiger partial charge in [0.2, 0.25) is 5.91 Å². The molecular weight excluding hydrogens is 206 g/mol. The van der Waals surface area contributed by atoms with Gasteiger partial charge in [0.25, 0.3) is 0 Å². The van der Waals surface area contributed by atoms with Gasteiger partial charge in [0.1, 0.15) is 0 Å². The van der Waals surface area contributed by atoms with Crippen LogP contribution in [0.3, 0.4) is 0 Å². The van der Waals surface area contributed by atoms with Crippen LogP contribution in [0.5, 0.6) is 0 Å². The van der Waals surface area contributed by atoms with Gasteiger partial charge in [0.15, 0.2) is 0 Å². The second-order valence-electron chi connectivity index (χ2n) is 3.99. The maximum Gasteiger partial charge on any atom is 0.228 e. The molecule has 0 aliphatic heterocycles. The smallest absolute Gasteiger partial charge is 0.228 e. The van der Waals surface area contributed by atoms with E-state index in [2.05, 4.69) is 10.2 Å². The summed E-state index contributed by atoms with van der Waals surface area (Å²) in [6.45, 7) is 5.15. The van der Waals surface area contributed by atoms with Crippen LogP contribution in [-0.4, -0.2) is 47.3 Å². The van der Waals surface area contributed by atoms with Crippen LogP contribution >= 0.6 is 0 Å². The van der Waals surface area contributed by atoms with Gasteiger partial charge in [-0.3, -0.25) is 9.89 Å². The minimum absolute atomic E-state index is 0.0663. The minimum atomic E-state index is 0.0663. The molecule has 0 bridgehead atoms. The number of carbonyl (C=O) groups is 1. The van der Waals surface area contributed by atoms with Gasteiger partial charge in [0, 0.05) is 25.5 Å². The zero-order valence-corrected chi connectivity index (χ0v) is 10.1. The quantitative estimate of drug-likeness (QED) is 0.780. The topological polar surface area (TPSA) is 58.2 Å². The van der Waals surface area contributed by atoms with Crippen molar-refractivity contribution in [3.05, 3.63) is 18.0 Å². The number of likely N-dealkylation sites (N-methyl/N-ethyl adjacent to an activating group) is 1.